The van der Waals surface area contributed by atoms with E-state index in [1.54, 1.807) is 23.5 Å². The van der Waals surface area contributed by atoms with Gasteiger partial charge in [0.15, 0.2) is 0 Å². The standard InChI is InChI=1S/C16H18F2N2OS.ClH/c17-16(18)21-14-4-2-1-3-13(14)15(12-5-10-22-11-12)20-8-6-19-7-9-20;/h1-5,10-11,15-16,19H,6-9H2;1H/t15-;/m1./s1. The van der Waals surface area contributed by atoms with Crippen molar-refractivity contribution in [3.8, 4) is 5.75 Å². The van der Waals surface area contributed by atoms with Crippen LogP contribution in [0, 0.1) is 0 Å². The zero-order chi connectivity index (χ0) is 15.4. The molecule has 0 aliphatic carbocycles. The Kier molecular flexibility index (Phi) is 6.77. The normalized spacial score (nSPS) is 16.8. The number of ether oxygens (including phenoxy) is 1. The molecule has 0 saturated carbocycles. The van der Waals surface area contributed by atoms with Crippen molar-refractivity contribution in [2.45, 2.75) is 12.7 Å². The number of thiophene rings is 1. The molecular formula is C16H19ClF2N2OS. The lowest BCUT2D eigenvalue weighted by atomic mass is 9.98. The van der Waals surface area contributed by atoms with Crippen LogP contribution >= 0.6 is 23.7 Å². The van der Waals surface area contributed by atoms with E-state index in [2.05, 4.69) is 21.7 Å². The van der Waals surface area contributed by atoms with Gasteiger partial charge < -0.3 is 10.1 Å². The molecule has 126 valence electrons. The van der Waals surface area contributed by atoms with Gasteiger partial charge in [0.1, 0.15) is 5.75 Å². The van der Waals surface area contributed by atoms with Gasteiger partial charge in [0.2, 0.25) is 0 Å². The van der Waals surface area contributed by atoms with Crippen molar-refractivity contribution < 1.29 is 13.5 Å². The van der Waals surface area contributed by atoms with Crippen LogP contribution in [-0.4, -0.2) is 37.7 Å². The van der Waals surface area contributed by atoms with E-state index < -0.39 is 6.61 Å². The number of nitrogens with one attached hydrogen (secondary N) is 1. The SMILES string of the molecule is Cl.FC(F)Oc1ccccc1[C@@H](c1ccsc1)N1CCNCC1. The summed E-state index contributed by atoms with van der Waals surface area (Å²) >= 11 is 1.62. The quantitative estimate of drug-likeness (QED) is 0.878. The first-order valence-electron chi connectivity index (χ1n) is 7.26. The van der Waals surface area contributed by atoms with Crippen LogP contribution < -0.4 is 10.1 Å². The van der Waals surface area contributed by atoms with Gasteiger partial charge in [-0.05, 0) is 28.5 Å². The molecule has 1 fully saturated rings. The number of rotatable bonds is 5. The van der Waals surface area contributed by atoms with Crippen molar-refractivity contribution in [1.29, 1.82) is 0 Å². The molecule has 1 aromatic heterocycles. The molecule has 3 nitrogen and oxygen atoms in total. The Hall–Kier alpha value is -1.21. The van der Waals surface area contributed by atoms with E-state index >= 15 is 0 Å². The second kappa shape index (κ2) is 8.59. The van der Waals surface area contributed by atoms with E-state index in [1.165, 1.54) is 0 Å². The summed E-state index contributed by atoms with van der Waals surface area (Å²) in [5.74, 6) is 0.257. The molecule has 1 atom stereocenters. The highest BCUT2D eigenvalue weighted by molar-refractivity contribution is 7.08. The molecule has 0 amide bonds. The Morgan fingerprint density at radius 1 is 1.13 bits per heavy atom. The van der Waals surface area contributed by atoms with Gasteiger partial charge in [0, 0.05) is 31.7 Å². The van der Waals surface area contributed by atoms with E-state index in [0.717, 1.165) is 37.3 Å². The largest absolute Gasteiger partial charge is 0.434 e. The average molecular weight is 361 g/mol. The van der Waals surface area contributed by atoms with E-state index in [0.29, 0.717) is 0 Å². The molecule has 1 N–H and O–H groups in total. The maximum Gasteiger partial charge on any atom is 0.387 e. The maximum atomic E-state index is 12.7. The summed E-state index contributed by atoms with van der Waals surface area (Å²) < 4.78 is 30.2. The first kappa shape index (κ1) is 18.1. The molecule has 1 saturated heterocycles. The number of hydrogen-bond donors (Lipinski definition) is 1. The molecule has 1 aromatic carbocycles. The number of nitrogens with zero attached hydrogens (tertiary/aromatic N) is 1. The highest BCUT2D eigenvalue weighted by Gasteiger charge is 2.27. The molecule has 1 aliphatic heterocycles. The summed E-state index contributed by atoms with van der Waals surface area (Å²) in [5.41, 5.74) is 1.92. The van der Waals surface area contributed by atoms with E-state index in [-0.39, 0.29) is 24.2 Å². The summed E-state index contributed by atoms with van der Waals surface area (Å²) in [6, 6.07) is 9.09. The van der Waals surface area contributed by atoms with Crippen LogP contribution in [0.1, 0.15) is 17.2 Å². The highest BCUT2D eigenvalue weighted by atomic mass is 35.5. The Labute approximate surface area is 144 Å². The van der Waals surface area contributed by atoms with Crippen LogP contribution in [0.4, 0.5) is 8.78 Å². The highest BCUT2D eigenvalue weighted by Crippen LogP contribution is 2.36. The molecule has 7 heteroatoms. The predicted octanol–water partition coefficient (Wildman–Crippen LogP) is 3.77. The van der Waals surface area contributed by atoms with Gasteiger partial charge in [0.25, 0.3) is 0 Å². The van der Waals surface area contributed by atoms with Crippen molar-refractivity contribution in [1.82, 2.24) is 10.2 Å². The molecule has 0 spiro atoms. The van der Waals surface area contributed by atoms with Gasteiger partial charge in [-0.2, -0.15) is 20.1 Å². The van der Waals surface area contributed by atoms with Crippen LogP contribution in [0.2, 0.25) is 0 Å². The zero-order valence-electron chi connectivity index (χ0n) is 12.5. The third kappa shape index (κ3) is 4.41. The van der Waals surface area contributed by atoms with E-state index in [4.69, 9.17) is 4.74 Å². The van der Waals surface area contributed by atoms with Crippen LogP contribution in [0.15, 0.2) is 41.1 Å². The number of piperazine rings is 1. The second-order valence-corrected chi connectivity index (χ2v) is 5.94. The number of hydrogen-bond acceptors (Lipinski definition) is 4. The molecule has 0 radical (unpaired) electrons. The molecule has 2 heterocycles. The topological polar surface area (TPSA) is 24.5 Å². The van der Waals surface area contributed by atoms with Crippen molar-refractivity contribution in [3.05, 3.63) is 52.2 Å². The van der Waals surface area contributed by atoms with Crippen LogP contribution in [0.3, 0.4) is 0 Å². The molecule has 0 bridgehead atoms. The average Bonchev–Trinajstić information content (AvgIpc) is 3.04. The Morgan fingerprint density at radius 2 is 1.87 bits per heavy atom. The maximum absolute atomic E-state index is 12.7. The smallest absolute Gasteiger partial charge is 0.387 e. The first-order valence-corrected chi connectivity index (χ1v) is 8.20. The fourth-order valence-corrected chi connectivity index (χ4v) is 3.55. The van der Waals surface area contributed by atoms with Crippen molar-refractivity contribution in [2.75, 3.05) is 26.2 Å². The minimum absolute atomic E-state index is 0. The molecule has 2 aromatic rings. The van der Waals surface area contributed by atoms with Crippen LogP contribution in [0.25, 0.3) is 0 Å². The van der Waals surface area contributed by atoms with Gasteiger partial charge in [0.05, 0.1) is 6.04 Å². The molecule has 1 aliphatic rings. The summed E-state index contributed by atoms with van der Waals surface area (Å²) in [6.07, 6.45) is 0. The minimum atomic E-state index is -2.81. The van der Waals surface area contributed by atoms with Gasteiger partial charge in [-0.25, -0.2) is 0 Å². The fraction of sp³-hybridized carbons (Fsp3) is 0.375. The predicted molar refractivity (Wildman–Crippen MR) is 90.9 cm³/mol. The lowest BCUT2D eigenvalue weighted by molar-refractivity contribution is -0.0510. The van der Waals surface area contributed by atoms with Gasteiger partial charge in [-0.3, -0.25) is 4.90 Å². The number of halogens is 3. The number of para-hydroxylation sites is 1. The molecule has 3 rings (SSSR count). The summed E-state index contributed by atoms with van der Waals surface area (Å²) in [7, 11) is 0. The lowest BCUT2D eigenvalue weighted by Gasteiger charge is -2.35. The number of alkyl halides is 2. The zero-order valence-corrected chi connectivity index (χ0v) is 14.1. The van der Waals surface area contributed by atoms with E-state index in [9.17, 15) is 8.78 Å². The van der Waals surface area contributed by atoms with Gasteiger partial charge in [-0.1, -0.05) is 18.2 Å². The third-order valence-corrected chi connectivity index (χ3v) is 4.51. The van der Waals surface area contributed by atoms with Crippen LogP contribution in [0.5, 0.6) is 5.75 Å². The van der Waals surface area contributed by atoms with Crippen molar-refractivity contribution >= 4 is 23.7 Å². The van der Waals surface area contributed by atoms with Crippen LogP contribution in [-0.2, 0) is 0 Å². The van der Waals surface area contributed by atoms with Crippen molar-refractivity contribution in [2.24, 2.45) is 0 Å². The van der Waals surface area contributed by atoms with E-state index in [1.807, 2.05) is 17.5 Å². The lowest BCUT2D eigenvalue weighted by Crippen LogP contribution is -2.45. The second-order valence-electron chi connectivity index (χ2n) is 5.16. The minimum Gasteiger partial charge on any atom is -0.434 e. The van der Waals surface area contributed by atoms with Gasteiger partial charge in [-0.15, -0.1) is 12.4 Å². The molecule has 0 unspecified atom stereocenters. The Balaban J connectivity index is 0.00000192. The summed E-state index contributed by atoms with van der Waals surface area (Å²) in [5, 5.41) is 7.41. The summed E-state index contributed by atoms with van der Waals surface area (Å²) in [6.45, 7) is 0.747. The Morgan fingerprint density at radius 3 is 2.52 bits per heavy atom. The van der Waals surface area contributed by atoms with Crippen molar-refractivity contribution in [3.63, 3.8) is 0 Å². The third-order valence-electron chi connectivity index (χ3n) is 3.81. The molecule has 23 heavy (non-hydrogen) atoms. The number of benzene rings is 1. The first-order chi connectivity index (χ1) is 10.8. The fourth-order valence-electron chi connectivity index (χ4n) is 2.87. The summed E-state index contributed by atoms with van der Waals surface area (Å²) in [4.78, 5) is 2.31. The molecular weight excluding hydrogens is 342 g/mol. The monoisotopic (exact) mass is 360 g/mol. The van der Waals surface area contributed by atoms with Gasteiger partial charge >= 0.3 is 6.61 Å². The Bertz CT molecular complexity index is 592.